The predicted molar refractivity (Wildman–Crippen MR) is 46.3 cm³/mol. The molecule has 0 radical (unpaired) electrons. The van der Waals surface area contributed by atoms with Gasteiger partial charge in [0.2, 0.25) is 0 Å². The SMILES string of the molecule is CC(C)=CC1(O)CCSC1. The fourth-order valence-corrected chi connectivity index (χ4v) is 2.44. The van der Waals surface area contributed by atoms with Crippen molar-refractivity contribution < 1.29 is 5.11 Å². The normalized spacial score (nSPS) is 32.3. The van der Waals surface area contributed by atoms with E-state index in [1.165, 1.54) is 5.57 Å². The standard InChI is InChI=1S/C8H14OS/c1-7(2)5-8(9)3-4-10-6-8/h5,9H,3-4,6H2,1-2H3. The summed E-state index contributed by atoms with van der Waals surface area (Å²) in [7, 11) is 0. The van der Waals surface area contributed by atoms with Crippen molar-refractivity contribution >= 4 is 11.8 Å². The number of hydrogen-bond donors (Lipinski definition) is 1. The second kappa shape index (κ2) is 2.97. The van der Waals surface area contributed by atoms with E-state index in [2.05, 4.69) is 0 Å². The molecule has 1 rings (SSSR count). The summed E-state index contributed by atoms with van der Waals surface area (Å²) in [4.78, 5) is 0. The second-order valence-electron chi connectivity index (χ2n) is 3.13. The first-order chi connectivity index (χ1) is 4.62. The van der Waals surface area contributed by atoms with Crippen LogP contribution in [0.4, 0.5) is 0 Å². The van der Waals surface area contributed by atoms with Crippen molar-refractivity contribution in [3.63, 3.8) is 0 Å². The number of aliphatic hydroxyl groups is 1. The lowest BCUT2D eigenvalue weighted by Crippen LogP contribution is -2.24. The molecule has 1 heterocycles. The zero-order valence-corrected chi connectivity index (χ0v) is 7.37. The van der Waals surface area contributed by atoms with Crippen molar-refractivity contribution in [2.75, 3.05) is 11.5 Å². The van der Waals surface area contributed by atoms with Gasteiger partial charge in [0.1, 0.15) is 0 Å². The maximum atomic E-state index is 9.76. The average Bonchev–Trinajstić information content (AvgIpc) is 2.12. The van der Waals surface area contributed by atoms with Crippen molar-refractivity contribution in [2.45, 2.75) is 25.9 Å². The Morgan fingerprint density at radius 2 is 2.30 bits per heavy atom. The van der Waals surface area contributed by atoms with Crippen molar-refractivity contribution in [3.05, 3.63) is 11.6 Å². The van der Waals surface area contributed by atoms with Gasteiger partial charge in [-0.15, -0.1) is 0 Å². The van der Waals surface area contributed by atoms with Gasteiger partial charge in [-0.25, -0.2) is 0 Å². The van der Waals surface area contributed by atoms with E-state index in [1.54, 1.807) is 0 Å². The molecule has 1 N–H and O–H groups in total. The van der Waals surface area contributed by atoms with E-state index in [9.17, 15) is 5.11 Å². The quantitative estimate of drug-likeness (QED) is 0.587. The van der Waals surface area contributed by atoms with Gasteiger partial charge in [0.15, 0.2) is 0 Å². The van der Waals surface area contributed by atoms with E-state index >= 15 is 0 Å². The lowest BCUT2D eigenvalue weighted by atomic mass is 10.0. The van der Waals surface area contributed by atoms with E-state index in [0.29, 0.717) is 0 Å². The molecule has 58 valence electrons. The van der Waals surface area contributed by atoms with Crippen LogP contribution in [0.2, 0.25) is 0 Å². The van der Waals surface area contributed by atoms with Gasteiger partial charge >= 0.3 is 0 Å². The molecule has 0 bridgehead atoms. The molecule has 0 aromatic rings. The minimum absolute atomic E-state index is 0.483. The summed E-state index contributed by atoms with van der Waals surface area (Å²) in [5.74, 6) is 1.97. The summed E-state index contributed by atoms with van der Waals surface area (Å²) in [6.45, 7) is 4.06. The van der Waals surface area contributed by atoms with Gasteiger partial charge in [-0.05, 0) is 26.0 Å². The van der Waals surface area contributed by atoms with Crippen LogP contribution in [-0.4, -0.2) is 22.2 Å². The van der Waals surface area contributed by atoms with E-state index < -0.39 is 5.60 Å². The lowest BCUT2D eigenvalue weighted by molar-refractivity contribution is 0.119. The largest absolute Gasteiger partial charge is 0.385 e. The molecule has 0 aromatic carbocycles. The van der Waals surface area contributed by atoms with Crippen LogP contribution in [0.15, 0.2) is 11.6 Å². The second-order valence-corrected chi connectivity index (χ2v) is 4.23. The molecule has 0 aromatic heterocycles. The van der Waals surface area contributed by atoms with Crippen molar-refractivity contribution in [2.24, 2.45) is 0 Å². The van der Waals surface area contributed by atoms with Gasteiger partial charge in [-0.3, -0.25) is 0 Å². The maximum absolute atomic E-state index is 9.76. The van der Waals surface area contributed by atoms with Gasteiger partial charge in [0.25, 0.3) is 0 Å². The smallest absolute Gasteiger partial charge is 0.0927 e. The molecule has 0 aliphatic carbocycles. The Balaban J connectivity index is 2.59. The third-order valence-corrected chi connectivity index (χ3v) is 2.79. The Hall–Kier alpha value is 0.0500. The molecular weight excluding hydrogens is 144 g/mol. The molecule has 1 unspecified atom stereocenters. The molecule has 1 saturated heterocycles. The molecule has 0 spiro atoms. The van der Waals surface area contributed by atoms with Crippen LogP contribution >= 0.6 is 11.8 Å². The lowest BCUT2D eigenvalue weighted by Gasteiger charge is -2.16. The minimum Gasteiger partial charge on any atom is -0.385 e. The molecule has 0 amide bonds. The van der Waals surface area contributed by atoms with Crippen LogP contribution < -0.4 is 0 Å². The summed E-state index contributed by atoms with van der Waals surface area (Å²) in [5, 5.41) is 9.76. The highest BCUT2D eigenvalue weighted by Gasteiger charge is 2.28. The molecule has 0 saturated carbocycles. The summed E-state index contributed by atoms with van der Waals surface area (Å²) >= 11 is 1.83. The topological polar surface area (TPSA) is 20.2 Å². The molecule has 1 nitrogen and oxygen atoms in total. The van der Waals surface area contributed by atoms with Crippen LogP contribution in [0.25, 0.3) is 0 Å². The van der Waals surface area contributed by atoms with Crippen LogP contribution in [0.5, 0.6) is 0 Å². The molecule has 10 heavy (non-hydrogen) atoms. The highest BCUT2D eigenvalue weighted by molar-refractivity contribution is 7.99. The molecule has 1 aliphatic rings. The van der Waals surface area contributed by atoms with Crippen LogP contribution in [0, 0.1) is 0 Å². The summed E-state index contributed by atoms with van der Waals surface area (Å²) in [6, 6.07) is 0. The Labute approximate surface area is 66.5 Å². The van der Waals surface area contributed by atoms with Crippen molar-refractivity contribution in [3.8, 4) is 0 Å². The van der Waals surface area contributed by atoms with Crippen molar-refractivity contribution in [1.82, 2.24) is 0 Å². The summed E-state index contributed by atoms with van der Waals surface area (Å²) < 4.78 is 0. The van der Waals surface area contributed by atoms with E-state index in [0.717, 1.165) is 17.9 Å². The summed E-state index contributed by atoms with van der Waals surface area (Å²) in [5.41, 5.74) is 0.730. The van der Waals surface area contributed by atoms with Gasteiger partial charge in [0.05, 0.1) is 5.60 Å². The molecule has 1 fully saturated rings. The van der Waals surface area contributed by atoms with E-state index in [4.69, 9.17) is 0 Å². The first-order valence-corrected chi connectivity index (χ1v) is 4.74. The van der Waals surface area contributed by atoms with Gasteiger partial charge < -0.3 is 5.11 Å². The zero-order valence-electron chi connectivity index (χ0n) is 6.55. The molecular formula is C8H14OS. The first kappa shape index (κ1) is 8.15. The summed E-state index contributed by atoms with van der Waals surface area (Å²) in [6.07, 6.45) is 2.90. The average molecular weight is 158 g/mol. The number of hydrogen-bond acceptors (Lipinski definition) is 2. The maximum Gasteiger partial charge on any atom is 0.0927 e. The fraction of sp³-hybridized carbons (Fsp3) is 0.750. The van der Waals surface area contributed by atoms with Crippen molar-refractivity contribution in [1.29, 1.82) is 0 Å². The third kappa shape index (κ3) is 2.03. The molecule has 2 heteroatoms. The molecule has 1 atom stereocenters. The third-order valence-electron chi connectivity index (χ3n) is 1.59. The van der Waals surface area contributed by atoms with Gasteiger partial charge in [-0.2, -0.15) is 11.8 Å². The van der Waals surface area contributed by atoms with Crippen LogP contribution in [0.3, 0.4) is 0 Å². The van der Waals surface area contributed by atoms with E-state index in [1.807, 2.05) is 31.7 Å². The Bertz CT molecular complexity index is 141. The number of allylic oxidation sites excluding steroid dienone is 1. The highest BCUT2D eigenvalue weighted by atomic mass is 32.2. The predicted octanol–water partition coefficient (Wildman–Crippen LogP) is 1.82. The number of rotatable bonds is 1. The monoisotopic (exact) mass is 158 g/mol. The van der Waals surface area contributed by atoms with Gasteiger partial charge in [0, 0.05) is 5.75 Å². The Kier molecular flexibility index (Phi) is 2.42. The fourth-order valence-electron chi connectivity index (χ4n) is 1.22. The van der Waals surface area contributed by atoms with E-state index in [-0.39, 0.29) is 0 Å². The van der Waals surface area contributed by atoms with Crippen LogP contribution in [0.1, 0.15) is 20.3 Å². The Morgan fingerprint density at radius 1 is 1.60 bits per heavy atom. The first-order valence-electron chi connectivity index (χ1n) is 3.59. The minimum atomic E-state index is -0.483. The Morgan fingerprint density at radius 3 is 2.70 bits per heavy atom. The van der Waals surface area contributed by atoms with Gasteiger partial charge in [-0.1, -0.05) is 11.6 Å². The zero-order chi connectivity index (χ0) is 7.61. The molecule has 1 aliphatic heterocycles. The highest BCUT2D eigenvalue weighted by Crippen LogP contribution is 2.29. The van der Waals surface area contributed by atoms with Crippen LogP contribution in [-0.2, 0) is 0 Å². The number of thioether (sulfide) groups is 1.